The number of carbonyl (C=O) groups excluding carboxylic acids is 2. The van der Waals surface area contributed by atoms with Crippen molar-refractivity contribution in [2.24, 2.45) is 5.92 Å². The molecule has 7 nitrogen and oxygen atoms in total. The maximum Gasteiger partial charge on any atom is 0.261 e. The first-order chi connectivity index (χ1) is 15.2. The van der Waals surface area contributed by atoms with Crippen molar-refractivity contribution in [1.29, 1.82) is 0 Å². The number of aromatic nitrogens is 3. The van der Waals surface area contributed by atoms with E-state index in [0.717, 1.165) is 64.9 Å². The summed E-state index contributed by atoms with van der Waals surface area (Å²) in [5.41, 5.74) is 3.16. The topological polar surface area (TPSA) is 91.8 Å². The zero-order chi connectivity index (χ0) is 20.9. The van der Waals surface area contributed by atoms with Crippen molar-refractivity contribution >= 4 is 55.4 Å². The molecular formula is C23H21N5O2S. The highest BCUT2D eigenvalue weighted by Gasteiger charge is 2.36. The van der Waals surface area contributed by atoms with E-state index in [-0.39, 0.29) is 11.8 Å². The van der Waals surface area contributed by atoms with E-state index < -0.39 is 0 Å². The molecule has 6 rings (SSSR count). The molecule has 0 radical (unpaired) electrons. The van der Waals surface area contributed by atoms with Crippen LogP contribution in [-0.4, -0.2) is 39.7 Å². The molecule has 2 aliphatic rings. The van der Waals surface area contributed by atoms with Crippen LogP contribution in [0, 0.1) is 5.92 Å². The van der Waals surface area contributed by atoms with Gasteiger partial charge in [0.15, 0.2) is 0 Å². The van der Waals surface area contributed by atoms with Crippen molar-refractivity contribution in [3.63, 3.8) is 0 Å². The van der Waals surface area contributed by atoms with Crippen LogP contribution in [0.15, 0.2) is 41.9 Å². The first-order valence-electron chi connectivity index (χ1n) is 10.5. The average Bonchev–Trinajstić information content (AvgIpc) is 3.51. The molecule has 2 aliphatic heterocycles. The number of rotatable bonds is 4. The number of H-pyrrole nitrogens is 1. The van der Waals surface area contributed by atoms with Gasteiger partial charge in [0.2, 0.25) is 0 Å². The molecule has 2 amide bonds. The lowest BCUT2D eigenvalue weighted by Gasteiger charge is -2.23. The van der Waals surface area contributed by atoms with Gasteiger partial charge in [-0.05, 0) is 49.4 Å². The van der Waals surface area contributed by atoms with Gasteiger partial charge in [-0.1, -0.05) is 18.2 Å². The van der Waals surface area contributed by atoms with Crippen LogP contribution < -0.4 is 10.6 Å². The molecule has 0 atom stereocenters. The molecule has 1 saturated heterocycles. The number of nitrogens with one attached hydrogen (secondary N) is 3. The highest BCUT2D eigenvalue weighted by atomic mass is 32.1. The van der Waals surface area contributed by atoms with Crippen molar-refractivity contribution in [3.05, 3.63) is 53.2 Å². The average molecular weight is 432 g/mol. The number of nitrogens with zero attached hydrogens (tertiary/aromatic N) is 2. The van der Waals surface area contributed by atoms with Crippen LogP contribution >= 0.6 is 11.3 Å². The molecule has 3 aromatic heterocycles. The third-order valence-electron chi connectivity index (χ3n) is 6.28. The number of aromatic amines is 1. The Morgan fingerprint density at radius 3 is 2.71 bits per heavy atom. The molecule has 0 spiro atoms. The SMILES string of the molecule is O=C1NC(=O)C(c2c3ccccc3nn2CC2CCNCC2)=C1c1c[nH]c2sccc12. The van der Waals surface area contributed by atoms with Crippen LogP contribution in [0.2, 0.25) is 0 Å². The first-order valence-corrected chi connectivity index (χ1v) is 11.4. The molecule has 0 aliphatic carbocycles. The van der Waals surface area contributed by atoms with Gasteiger partial charge in [-0.25, -0.2) is 0 Å². The molecule has 1 fully saturated rings. The van der Waals surface area contributed by atoms with Gasteiger partial charge in [0, 0.05) is 29.1 Å². The van der Waals surface area contributed by atoms with E-state index >= 15 is 0 Å². The molecular weight excluding hydrogens is 410 g/mol. The van der Waals surface area contributed by atoms with Crippen molar-refractivity contribution in [1.82, 2.24) is 25.4 Å². The second-order valence-corrected chi connectivity index (χ2v) is 9.06. The number of piperidine rings is 1. The first kappa shape index (κ1) is 18.5. The van der Waals surface area contributed by atoms with Crippen molar-refractivity contribution < 1.29 is 9.59 Å². The predicted octanol–water partition coefficient (Wildman–Crippen LogP) is 3.15. The van der Waals surface area contributed by atoms with E-state index in [4.69, 9.17) is 5.10 Å². The standard InChI is InChI=1S/C23H21N5O2S/c29-21-18(16-11-25-23-14(16)7-10-31-23)19(22(30)26-21)20-15-3-1-2-4-17(15)27-28(20)12-13-5-8-24-9-6-13/h1-4,7,10-11,13,24-25H,5-6,8-9,12H2,(H,26,29,30). The second kappa shape index (κ2) is 7.18. The Labute approximate surface area is 182 Å². The molecule has 8 heteroatoms. The van der Waals surface area contributed by atoms with Gasteiger partial charge in [-0.2, -0.15) is 5.10 Å². The molecule has 3 N–H and O–H groups in total. The minimum absolute atomic E-state index is 0.356. The normalized spacial score (nSPS) is 17.9. The van der Waals surface area contributed by atoms with Crippen LogP contribution in [0.25, 0.3) is 32.3 Å². The van der Waals surface area contributed by atoms with E-state index in [2.05, 4.69) is 15.6 Å². The highest BCUT2D eigenvalue weighted by Crippen LogP contribution is 2.38. The molecule has 156 valence electrons. The van der Waals surface area contributed by atoms with E-state index in [1.165, 1.54) is 0 Å². The number of imide groups is 1. The lowest BCUT2D eigenvalue weighted by atomic mass is 9.96. The maximum absolute atomic E-state index is 13.1. The van der Waals surface area contributed by atoms with Crippen LogP contribution in [0.1, 0.15) is 24.1 Å². The third kappa shape index (κ3) is 2.94. The lowest BCUT2D eigenvalue weighted by Crippen LogP contribution is -2.30. The molecule has 0 bridgehead atoms. The molecule has 1 aromatic carbocycles. The van der Waals surface area contributed by atoms with Crippen LogP contribution in [0.4, 0.5) is 0 Å². The Morgan fingerprint density at radius 1 is 1.03 bits per heavy atom. The predicted molar refractivity (Wildman–Crippen MR) is 121 cm³/mol. The summed E-state index contributed by atoms with van der Waals surface area (Å²) in [6.07, 6.45) is 3.96. The Hall–Kier alpha value is -3.23. The fourth-order valence-corrected chi connectivity index (χ4v) is 5.55. The van der Waals surface area contributed by atoms with E-state index in [9.17, 15) is 9.59 Å². The van der Waals surface area contributed by atoms with Gasteiger partial charge < -0.3 is 10.3 Å². The second-order valence-electron chi connectivity index (χ2n) is 8.14. The summed E-state index contributed by atoms with van der Waals surface area (Å²) in [6, 6.07) is 9.82. The zero-order valence-electron chi connectivity index (χ0n) is 16.8. The number of amides is 2. The number of thiophene rings is 1. The van der Waals surface area contributed by atoms with Gasteiger partial charge in [0.05, 0.1) is 22.4 Å². The summed E-state index contributed by atoms with van der Waals surface area (Å²) < 4.78 is 1.95. The smallest absolute Gasteiger partial charge is 0.261 e. The van der Waals surface area contributed by atoms with Crippen molar-refractivity contribution in [3.8, 4) is 0 Å². The Morgan fingerprint density at radius 2 is 1.84 bits per heavy atom. The van der Waals surface area contributed by atoms with Crippen LogP contribution in [0.5, 0.6) is 0 Å². The Balaban J connectivity index is 1.59. The van der Waals surface area contributed by atoms with Crippen molar-refractivity contribution in [2.75, 3.05) is 13.1 Å². The molecule has 0 unspecified atom stereocenters. The molecule has 0 saturated carbocycles. The summed E-state index contributed by atoms with van der Waals surface area (Å²) in [7, 11) is 0. The summed E-state index contributed by atoms with van der Waals surface area (Å²) >= 11 is 1.58. The summed E-state index contributed by atoms with van der Waals surface area (Å²) in [5.74, 6) is -0.234. The largest absolute Gasteiger partial charge is 0.352 e. The zero-order valence-corrected chi connectivity index (χ0v) is 17.6. The van der Waals surface area contributed by atoms with Gasteiger partial charge in [0.25, 0.3) is 11.8 Å². The van der Waals surface area contributed by atoms with Crippen LogP contribution in [-0.2, 0) is 16.1 Å². The van der Waals surface area contributed by atoms with Gasteiger partial charge >= 0.3 is 0 Å². The highest BCUT2D eigenvalue weighted by molar-refractivity contribution is 7.16. The number of carbonyl (C=O) groups is 2. The van der Waals surface area contributed by atoms with Gasteiger partial charge in [-0.15, -0.1) is 11.3 Å². The minimum atomic E-state index is -0.359. The van der Waals surface area contributed by atoms with Crippen LogP contribution in [0.3, 0.4) is 0 Å². The fourth-order valence-electron chi connectivity index (χ4n) is 4.78. The summed E-state index contributed by atoms with van der Waals surface area (Å²) in [4.78, 5) is 30.3. The van der Waals surface area contributed by atoms with Crippen molar-refractivity contribution in [2.45, 2.75) is 19.4 Å². The summed E-state index contributed by atoms with van der Waals surface area (Å²) in [6.45, 7) is 2.71. The minimum Gasteiger partial charge on any atom is -0.352 e. The molecule has 4 aromatic rings. The lowest BCUT2D eigenvalue weighted by molar-refractivity contribution is -0.122. The molecule has 5 heterocycles. The Kier molecular flexibility index (Phi) is 4.29. The monoisotopic (exact) mass is 431 g/mol. The van der Waals surface area contributed by atoms with E-state index in [1.54, 1.807) is 11.3 Å². The third-order valence-corrected chi connectivity index (χ3v) is 7.12. The van der Waals surface area contributed by atoms with Gasteiger partial charge in [0.1, 0.15) is 4.83 Å². The number of benzene rings is 1. The number of hydrogen-bond donors (Lipinski definition) is 3. The molecule has 31 heavy (non-hydrogen) atoms. The van der Waals surface area contributed by atoms with E-state index in [1.807, 2.05) is 46.6 Å². The number of hydrogen-bond acceptors (Lipinski definition) is 5. The summed E-state index contributed by atoms with van der Waals surface area (Å²) in [5, 5.41) is 14.6. The maximum atomic E-state index is 13.1. The quantitative estimate of drug-likeness (QED) is 0.433. The van der Waals surface area contributed by atoms with Gasteiger partial charge in [-0.3, -0.25) is 19.6 Å². The fraction of sp³-hybridized carbons (Fsp3) is 0.261. The van der Waals surface area contributed by atoms with E-state index in [0.29, 0.717) is 17.1 Å². The Bertz CT molecular complexity index is 1370. The number of fused-ring (bicyclic) bond motifs is 2.